The molecule has 0 saturated carbocycles. The Morgan fingerprint density at radius 1 is 1.25 bits per heavy atom. The lowest BCUT2D eigenvalue weighted by molar-refractivity contribution is 0.112. The second-order valence-corrected chi connectivity index (χ2v) is 3.71. The highest BCUT2D eigenvalue weighted by atomic mass is 35.5. The van der Waals surface area contributed by atoms with Gasteiger partial charge in [0.25, 0.3) is 0 Å². The van der Waals surface area contributed by atoms with Gasteiger partial charge in [0.2, 0.25) is 0 Å². The number of nitrogens with zero attached hydrogens (tertiary/aromatic N) is 1. The highest BCUT2D eigenvalue weighted by Crippen LogP contribution is 2.22. The van der Waals surface area contributed by atoms with Gasteiger partial charge in [-0.2, -0.15) is 0 Å². The number of carbonyl (C=O) groups is 1. The molecule has 0 spiro atoms. The maximum absolute atomic E-state index is 10.6. The van der Waals surface area contributed by atoms with Gasteiger partial charge in [0.1, 0.15) is 0 Å². The molecule has 0 bridgehead atoms. The van der Waals surface area contributed by atoms with Crippen molar-refractivity contribution in [2.75, 3.05) is 18.0 Å². The molecule has 0 amide bonds. The molecule has 0 unspecified atom stereocenters. The number of aldehydes is 1. The molecule has 0 N–H and O–H groups in total. The van der Waals surface area contributed by atoms with E-state index in [1.807, 2.05) is 18.2 Å². The number of benzene rings is 1. The minimum Gasteiger partial charge on any atom is -0.364 e. The van der Waals surface area contributed by atoms with Crippen LogP contribution in [0.1, 0.15) is 10.4 Å². The molecule has 3 heteroatoms. The minimum atomic E-state index is 0.464. The summed E-state index contributed by atoms with van der Waals surface area (Å²) in [5.74, 6) is 0. The number of hydrogen-bond donors (Lipinski definition) is 0. The Bertz CT molecular complexity index is 391. The van der Waals surface area contributed by atoms with E-state index in [-0.39, 0.29) is 0 Å². The molecule has 0 aliphatic heterocycles. The highest BCUT2D eigenvalue weighted by Gasteiger charge is 2.06. The number of hydrogen-bond acceptors (Lipinski definition) is 2. The van der Waals surface area contributed by atoms with Crippen LogP contribution in [0.15, 0.2) is 43.5 Å². The van der Waals surface area contributed by atoms with E-state index >= 15 is 0 Å². The molecular formula is C13H14ClNO. The van der Waals surface area contributed by atoms with Gasteiger partial charge in [0, 0.05) is 24.3 Å². The topological polar surface area (TPSA) is 20.3 Å². The summed E-state index contributed by atoms with van der Waals surface area (Å²) in [6, 6.07) is 5.35. The molecule has 16 heavy (non-hydrogen) atoms. The molecule has 0 aliphatic carbocycles. The van der Waals surface area contributed by atoms with Crippen molar-refractivity contribution >= 4 is 23.6 Å². The molecule has 0 heterocycles. The van der Waals surface area contributed by atoms with E-state index in [2.05, 4.69) is 18.1 Å². The molecule has 0 atom stereocenters. The Morgan fingerprint density at radius 3 is 2.31 bits per heavy atom. The van der Waals surface area contributed by atoms with Crippen LogP contribution < -0.4 is 4.90 Å². The van der Waals surface area contributed by atoms with Crippen LogP contribution in [0.2, 0.25) is 5.02 Å². The lowest BCUT2D eigenvalue weighted by Crippen LogP contribution is -2.22. The summed E-state index contributed by atoms with van der Waals surface area (Å²) < 4.78 is 0. The second-order valence-electron chi connectivity index (χ2n) is 3.31. The van der Waals surface area contributed by atoms with Crippen molar-refractivity contribution in [1.29, 1.82) is 0 Å². The van der Waals surface area contributed by atoms with E-state index in [9.17, 15) is 4.79 Å². The van der Waals surface area contributed by atoms with Crippen LogP contribution in [0.5, 0.6) is 0 Å². The zero-order valence-electron chi connectivity index (χ0n) is 9.03. The maximum Gasteiger partial charge on any atom is 0.151 e. The van der Waals surface area contributed by atoms with E-state index in [0.29, 0.717) is 23.7 Å². The maximum atomic E-state index is 10.6. The molecule has 0 fully saturated rings. The summed E-state index contributed by atoms with van der Waals surface area (Å²) >= 11 is 5.96. The van der Waals surface area contributed by atoms with Crippen molar-refractivity contribution in [3.63, 3.8) is 0 Å². The quantitative estimate of drug-likeness (QED) is 0.557. The lowest BCUT2D eigenvalue weighted by Gasteiger charge is -2.21. The summed E-state index contributed by atoms with van der Waals surface area (Å²) in [6.45, 7) is 8.82. The average Bonchev–Trinajstić information content (AvgIpc) is 2.28. The van der Waals surface area contributed by atoms with Crippen LogP contribution in [0.4, 0.5) is 5.69 Å². The first-order valence-corrected chi connectivity index (χ1v) is 5.32. The molecule has 2 nitrogen and oxygen atoms in total. The fourth-order valence-electron chi connectivity index (χ4n) is 1.41. The second kappa shape index (κ2) is 6.13. The van der Waals surface area contributed by atoms with Crippen molar-refractivity contribution in [2.45, 2.75) is 0 Å². The minimum absolute atomic E-state index is 0.464. The van der Waals surface area contributed by atoms with Gasteiger partial charge >= 0.3 is 0 Å². The summed E-state index contributed by atoms with van der Waals surface area (Å²) in [6.07, 6.45) is 4.37. The zero-order valence-corrected chi connectivity index (χ0v) is 9.78. The lowest BCUT2D eigenvalue weighted by atomic mass is 10.2. The third-order valence-corrected chi connectivity index (χ3v) is 2.50. The van der Waals surface area contributed by atoms with E-state index in [4.69, 9.17) is 11.6 Å². The van der Waals surface area contributed by atoms with E-state index < -0.39 is 0 Å². The first-order chi connectivity index (χ1) is 7.72. The zero-order chi connectivity index (χ0) is 12.0. The van der Waals surface area contributed by atoms with Gasteiger partial charge in [0.05, 0.1) is 5.02 Å². The summed E-state index contributed by atoms with van der Waals surface area (Å²) in [4.78, 5) is 12.7. The van der Waals surface area contributed by atoms with E-state index in [0.717, 1.165) is 12.0 Å². The van der Waals surface area contributed by atoms with Gasteiger partial charge in [0.15, 0.2) is 6.29 Å². The molecule has 0 saturated heterocycles. The molecular weight excluding hydrogens is 222 g/mol. The third-order valence-electron chi connectivity index (χ3n) is 2.18. The highest BCUT2D eigenvalue weighted by molar-refractivity contribution is 6.33. The number of rotatable bonds is 6. The molecule has 0 radical (unpaired) electrons. The largest absolute Gasteiger partial charge is 0.364 e. The fourth-order valence-corrected chi connectivity index (χ4v) is 1.62. The fraction of sp³-hybridized carbons (Fsp3) is 0.154. The number of anilines is 1. The Kier molecular flexibility index (Phi) is 4.80. The Hall–Kier alpha value is -1.54. The molecule has 1 aromatic rings. The predicted molar refractivity (Wildman–Crippen MR) is 69.4 cm³/mol. The number of halogens is 1. The first kappa shape index (κ1) is 12.5. The van der Waals surface area contributed by atoms with Crippen molar-refractivity contribution in [3.8, 4) is 0 Å². The van der Waals surface area contributed by atoms with Gasteiger partial charge < -0.3 is 4.90 Å². The summed E-state index contributed by atoms with van der Waals surface area (Å²) in [5.41, 5.74) is 1.46. The van der Waals surface area contributed by atoms with Crippen molar-refractivity contribution in [3.05, 3.63) is 54.1 Å². The van der Waals surface area contributed by atoms with Gasteiger partial charge in [-0.3, -0.25) is 4.79 Å². The molecule has 1 aromatic carbocycles. The third kappa shape index (κ3) is 2.97. The summed E-state index contributed by atoms with van der Waals surface area (Å²) in [5, 5.41) is 0.464. The van der Waals surface area contributed by atoms with Crippen molar-refractivity contribution < 1.29 is 4.79 Å². The molecule has 84 valence electrons. The van der Waals surface area contributed by atoms with Gasteiger partial charge in [-0.15, -0.1) is 13.2 Å². The van der Waals surface area contributed by atoms with Crippen LogP contribution in [0, 0.1) is 0 Å². The van der Waals surface area contributed by atoms with Crippen LogP contribution in [-0.4, -0.2) is 19.4 Å². The average molecular weight is 236 g/mol. The molecule has 0 aliphatic rings. The van der Waals surface area contributed by atoms with Crippen molar-refractivity contribution in [2.24, 2.45) is 0 Å². The van der Waals surface area contributed by atoms with Crippen LogP contribution in [-0.2, 0) is 0 Å². The summed E-state index contributed by atoms with van der Waals surface area (Å²) in [7, 11) is 0. The normalized spacial score (nSPS) is 9.56. The van der Waals surface area contributed by atoms with Gasteiger partial charge in [-0.1, -0.05) is 23.8 Å². The van der Waals surface area contributed by atoms with E-state index in [1.54, 1.807) is 12.1 Å². The predicted octanol–water partition coefficient (Wildman–Crippen LogP) is 3.33. The number of carbonyl (C=O) groups excluding carboxylic acids is 1. The van der Waals surface area contributed by atoms with E-state index in [1.165, 1.54) is 0 Å². The Morgan fingerprint density at radius 2 is 1.88 bits per heavy atom. The van der Waals surface area contributed by atoms with Gasteiger partial charge in [-0.25, -0.2) is 0 Å². The Balaban J connectivity index is 3.00. The monoisotopic (exact) mass is 235 g/mol. The SMILES string of the molecule is C=CCN(CC=C)c1ccc(C=O)c(Cl)c1. The standard InChI is InChI=1S/C13H14ClNO/c1-3-7-15(8-4-2)12-6-5-11(10-16)13(14)9-12/h3-6,9-10H,1-2,7-8H2. The smallest absolute Gasteiger partial charge is 0.151 e. The molecule has 1 rings (SSSR count). The van der Waals surface area contributed by atoms with Crippen LogP contribution in [0.25, 0.3) is 0 Å². The van der Waals surface area contributed by atoms with Crippen LogP contribution in [0.3, 0.4) is 0 Å². The Labute approximate surface area is 101 Å². The van der Waals surface area contributed by atoms with Crippen LogP contribution >= 0.6 is 11.6 Å². The van der Waals surface area contributed by atoms with Gasteiger partial charge in [-0.05, 0) is 18.2 Å². The molecule has 0 aromatic heterocycles. The first-order valence-electron chi connectivity index (χ1n) is 4.94. The van der Waals surface area contributed by atoms with Crippen molar-refractivity contribution in [1.82, 2.24) is 0 Å².